The Kier molecular flexibility index (Phi) is 6.67. The summed E-state index contributed by atoms with van der Waals surface area (Å²) in [4.78, 5) is 16.4. The summed E-state index contributed by atoms with van der Waals surface area (Å²) in [6, 6.07) is 11.4. The standard InChI is InChI=1S/C22H29N3O4S/c1-4-24-11-13-25(14-12-24)21-10-7-18(15-20(21)22(26)27)23-30(28,29)19-8-5-17(6-9-19)16(2)3/h5-10,15-16,23H,4,11-14H2,1-3H3,(H,26,27). The van der Waals surface area contributed by atoms with Crippen molar-refractivity contribution in [2.75, 3.05) is 42.3 Å². The Balaban J connectivity index is 1.83. The fraction of sp³-hybridized carbons (Fsp3) is 0.409. The molecule has 0 radical (unpaired) electrons. The molecule has 7 nitrogen and oxygen atoms in total. The smallest absolute Gasteiger partial charge is 0.337 e. The number of piperazine rings is 1. The molecule has 2 aromatic carbocycles. The molecular weight excluding hydrogens is 402 g/mol. The molecule has 1 saturated heterocycles. The van der Waals surface area contributed by atoms with Crippen LogP contribution in [0.2, 0.25) is 0 Å². The van der Waals surface area contributed by atoms with Crippen LogP contribution in [0.1, 0.15) is 42.6 Å². The van der Waals surface area contributed by atoms with Crippen molar-refractivity contribution >= 4 is 27.4 Å². The second-order valence-electron chi connectivity index (χ2n) is 7.79. The maximum absolute atomic E-state index is 12.7. The second-order valence-corrected chi connectivity index (χ2v) is 9.47. The summed E-state index contributed by atoms with van der Waals surface area (Å²) >= 11 is 0. The van der Waals surface area contributed by atoms with Crippen LogP contribution < -0.4 is 9.62 Å². The van der Waals surface area contributed by atoms with Crippen LogP contribution in [-0.4, -0.2) is 57.1 Å². The molecular formula is C22H29N3O4S. The largest absolute Gasteiger partial charge is 0.478 e. The number of hydrogen-bond donors (Lipinski definition) is 2. The van der Waals surface area contributed by atoms with E-state index in [9.17, 15) is 18.3 Å². The number of benzene rings is 2. The van der Waals surface area contributed by atoms with Crippen LogP contribution in [0, 0.1) is 0 Å². The average Bonchev–Trinajstić information content (AvgIpc) is 2.73. The number of likely N-dealkylation sites (N-methyl/N-ethyl adjacent to an activating group) is 1. The highest BCUT2D eigenvalue weighted by molar-refractivity contribution is 7.92. The number of carboxylic acids is 1. The maximum Gasteiger partial charge on any atom is 0.337 e. The summed E-state index contributed by atoms with van der Waals surface area (Å²) in [5, 5.41) is 9.70. The van der Waals surface area contributed by atoms with E-state index in [0.717, 1.165) is 38.3 Å². The second kappa shape index (κ2) is 9.06. The van der Waals surface area contributed by atoms with Gasteiger partial charge in [-0.1, -0.05) is 32.9 Å². The molecule has 0 aliphatic carbocycles. The Morgan fingerprint density at radius 1 is 1.07 bits per heavy atom. The molecule has 3 rings (SSSR count). The summed E-state index contributed by atoms with van der Waals surface area (Å²) in [5.41, 5.74) is 1.99. The average molecular weight is 432 g/mol. The summed E-state index contributed by atoms with van der Waals surface area (Å²) in [5.74, 6) is -0.773. The lowest BCUT2D eigenvalue weighted by Crippen LogP contribution is -2.46. The van der Waals surface area contributed by atoms with Crippen molar-refractivity contribution in [3.63, 3.8) is 0 Å². The van der Waals surface area contributed by atoms with Crippen molar-refractivity contribution in [3.8, 4) is 0 Å². The van der Waals surface area contributed by atoms with E-state index < -0.39 is 16.0 Å². The molecule has 30 heavy (non-hydrogen) atoms. The lowest BCUT2D eigenvalue weighted by molar-refractivity contribution is 0.0697. The summed E-state index contributed by atoms with van der Waals surface area (Å²) in [6.45, 7) is 10.4. The van der Waals surface area contributed by atoms with E-state index in [1.807, 2.05) is 18.7 Å². The van der Waals surface area contributed by atoms with E-state index in [2.05, 4.69) is 16.5 Å². The van der Waals surface area contributed by atoms with Crippen LogP contribution in [0.4, 0.5) is 11.4 Å². The van der Waals surface area contributed by atoms with Crippen molar-refractivity contribution < 1.29 is 18.3 Å². The normalized spacial score (nSPS) is 15.4. The fourth-order valence-electron chi connectivity index (χ4n) is 3.60. The van der Waals surface area contributed by atoms with Gasteiger partial charge in [-0.3, -0.25) is 4.72 Å². The van der Waals surface area contributed by atoms with Crippen molar-refractivity contribution in [1.82, 2.24) is 4.90 Å². The van der Waals surface area contributed by atoms with E-state index >= 15 is 0 Å². The number of anilines is 2. The minimum Gasteiger partial charge on any atom is -0.478 e. The fourth-order valence-corrected chi connectivity index (χ4v) is 4.65. The van der Waals surface area contributed by atoms with Crippen LogP contribution in [0.25, 0.3) is 0 Å². The van der Waals surface area contributed by atoms with Gasteiger partial charge < -0.3 is 14.9 Å². The number of nitrogens with one attached hydrogen (secondary N) is 1. The molecule has 0 aromatic heterocycles. The Hall–Kier alpha value is -2.58. The van der Waals surface area contributed by atoms with E-state index in [1.54, 1.807) is 36.4 Å². The zero-order valence-corrected chi connectivity index (χ0v) is 18.4. The Bertz CT molecular complexity index is 996. The molecule has 1 aliphatic heterocycles. The van der Waals surface area contributed by atoms with Gasteiger partial charge in [0.1, 0.15) is 0 Å². The Morgan fingerprint density at radius 3 is 2.23 bits per heavy atom. The minimum atomic E-state index is -3.81. The first-order valence-electron chi connectivity index (χ1n) is 10.2. The third kappa shape index (κ3) is 4.94. The van der Waals surface area contributed by atoms with Gasteiger partial charge in [0.05, 0.1) is 16.1 Å². The van der Waals surface area contributed by atoms with Crippen molar-refractivity contribution in [2.24, 2.45) is 0 Å². The number of aromatic carboxylic acids is 1. The molecule has 8 heteroatoms. The van der Waals surface area contributed by atoms with E-state index in [4.69, 9.17) is 0 Å². The Morgan fingerprint density at radius 2 is 1.70 bits per heavy atom. The number of carbonyl (C=O) groups is 1. The molecule has 2 N–H and O–H groups in total. The van der Waals surface area contributed by atoms with E-state index in [1.165, 1.54) is 6.07 Å². The summed E-state index contributed by atoms with van der Waals surface area (Å²) < 4.78 is 28.0. The lowest BCUT2D eigenvalue weighted by Gasteiger charge is -2.36. The van der Waals surface area contributed by atoms with Crippen LogP contribution in [0.3, 0.4) is 0 Å². The highest BCUT2D eigenvalue weighted by atomic mass is 32.2. The molecule has 1 heterocycles. The van der Waals surface area contributed by atoms with Gasteiger partial charge in [0.2, 0.25) is 0 Å². The third-order valence-electron chi connectivity index (χ3n) is 5.50. The summed E-state index contributed by atoms with van der Waals surface area (Å²) in [7, 11) is -3.81. The number of rotatable bonds is 7. The number of nitrogens with zero attached hydrogens (tertiary/aromatic N) is 2. The molecule has 0 unspecified atom stereocenters. The topological polar surface area (TPSA) is 90.0 Å². The van der Waals surface area contributed by atoms with Gasteiger partial charge in [0.25, 0.3) is 10.0 Å². The molecule has 0 atom stereocenters. The van der Waals surface area contributed by atoms with Crippen LogP contribution in [-0.2, 0) is 10.0 Å². The molecule has 1 fully saturated rings. The predicted molar refractivity (Wildman–Crippen MR) is 119 cm³/mol. The van der Waals surface area contributed by atoms with Crippen LogP contribution in [0.15, 0.2) is 47.4 Å². The molecule has 0 amide bonds. The van der Waals surface area contributed by atoms with Gasteiger partial charge in [-0.2, -0.15) is 0 Å². The molecule has 0 saturated carbocycles. The first-order valence-corrected chi connectivity index (χ1v) is 11.7. The third-order valence-corrected chi connectivity index (χ3v) is 6.89. The maximum atomic E-state index is 12.7. The Labute approximate surface area is 178 Å². The van der Waals surface area contributed by atoms with Crippen molar-refractivity contribution in [2.45, 2.75) is 31.6 Å². The van der Waals surface area contributed by atoms with E-state index in [0.29, 0.717) is 11.6 Å². The monoisotopic (exact) mass is 431 g/mol. The minimum absolute atomic E-state index is 0.0929. The van der Waals surface area contributed by atoms with Crippen LogP contribution in [0.5, 0.6) is 0 Å². The van der Waals surface area contributed by atoms with Gasteiger partial charge in [0.15, 0.2) is 0 Å². The van der Waals surface area contributed by atoms with Gasteiger partial charge in [-0.05, 0) is 48.4 Å². The van der Waals surface area contributed by atoms with Crippen molar-refractivity contribution in [1.29, 1.82) is 0 Å². The highest BCUT2D eigenvalue weighted by Crippen LogP contribution is 2.27. The zero-order valence-electron chi connectivity index (χ0n) is 17.6. The SMILES string of the molecule is CCN1CCN(c2ccc(NS(=O)(=O)c3ccc(C(C)C)cc3)cc2C(=O)O)CC1. The highest BCUT2D eigenvalue weighted by Gasteiger charge is 2.22. The molecule has 1 aliphatic rings. The van der Waals surface area contributed by atoms with Gasteiger partial charge >= 0.3 is 5.97 Å². The van der Waals surface area contributed by atoms with Gasteiger partial charge in [-0.25, -0.2) is 13.2 Å². The van der Waals surface area contributed by atoms with Crippen molar-refractivity contribution in [3.05, 3.63) is 53.6 Å². The van der Waals surface area contributed by atoms with Crippen LogP contribution >= 0.6 is 0 Å². The van der Waals surface area contributed by atoms with Gasteiger partial charge in [0, 0.05) is 31.9 Å². The quantitative estimate of drug-likeness (QED) is 0.698. The summed E-state index contributed by atoms with van der Waals surface area (Å²) in [6.07, 6.45) is 0. The predicted octanol–water partition coefficient (Wildman–Crippen LogP) is 3.45. The number of carboxylic acid groups (broad SMARTS) is 1. The number of sulfonamides is 1. The first-order chi connectivity index (χ1) is 14.2. The lowest BCUT2D eigenvalue weighted by atomic mass is 10.0. The molecule has 2 aromatic rings. The first kappa shape index (κ1) is 22.1. The number of hydrogen-bond acceptors (Lipinski definition) is 5. The van der Waals surface area contributed by atoms with E-state index in [-0.39, 0.29) is 16.1 Å². The molecule has 162 valence electrons. The van der Waals surface area contributed by atoms with Gasteiger partial charge in [-0.15, -0.1) is 0 Å². The molecule has 0 bridgehead atoms. The molecule has 0 spiro atoms. The zero-order chi connectivity index (χ0) is 21.9.